The van der Waals surface area contributed by atoms with Crippen molar-refractivity contribution in [2.45, 2.75) is 6.92 Å². The molecule has 1 amide bonds. The fraction of sp³-hybridized carbons (Fsp3) is 0.667. The van der Waals surface area contributed by atoms with E-state index in [1.54, 1.807) is 11.8 Å². The molecule has 0 aliphatic carbocycles. The standard InChI is InChI=1S/C6H11N5OS/c1-4(3-13-2)5(12)7-6-8-10-11-9-6/h4H,3H2,1-2H3,(H2,7,8,9,10,11,12). The molecule has 0 spiro atoms. The minimum atomic E-state index is -0.0873. The van der Waals surface area contributed by atoms with Gasteiger partial charge in [-0.15, -0.1) is 5.10 Å². The van der Waals surface area contributed by atoms with Gasteiger partial charge in [0.15, 0.2) is 0 Å². The number of carbonyl (C=O) groups excluding carboxylic acids is 1. The average molecular weight is 201 g/mol. The Morgan fingerprint density at radius 1 is 1.77 bits per heavy atom. The Kier molecular flexibility index (Phi) is 3.69. The summed E-state index contributed by atoms with van der Waals surface area (Å²) in [5.74, 6) is 0.867. The molecule has 0 aromatic carbocycles. The Morgan fingerprint density at radius 2 is 2.54 bits per heavy atom. The quantitative estimate of drug-likeness (QED) is 0.723. The number of H-pyrrole nitrogens is 1. The second-order valence-electron chi connectivity index (χ2n) is 2.58. The highest BCUT2D eigenvalue weighted by Gasteiger charge is 2.13. The van der Waals surface area contributed by atoms with Crippen LogP contribution in [0.4, 0.5) is 5.95 Å². The SMILES string of the molecule is CSCC(C)C(=O)Nc1nn[nH]n1. The summed E-state index contributed by atoms with van der Waals surface area (Å²) in [5.41, 5.74) is 0. The summed E-state index contributed by atoms with van der Waals surface area (Å²) in [6.45, 7) is 1.85. The number of carbonyl (C=O) groups is 1. The van der Waals surface area contributed by atoms with Gasteiger partial charge in [0.1, 0.15) is 0 Å². The van der Waals surface area contributed by atoms with Crippen molar-refractivity contribution >= 4 is 23.6 Å². The number of amides is 1. The predicted molar refractivity (Wildman–Crippen MR) is 50.4 cm³/mol. The first kappa shape index (κ1) is 9.97. The van der Waals surface area contributed by atoms with Gasteiger partial charge < -0.3 is 0 Å². The van der Waals surface area contributed by atoms with Gasteiger partial charge in [0.05, 0.1) is 0 Å². The lowest BCUT2D eigenvalue weighted by Gasteiger charge is -2.07. The summed E-state index contributed by atoms with van der Waals surface area (Å²) in [5, 5.41) is 15.3. The Morgan fingerprint density at radius 3 is 3.08 bits per heavy atom. The van der Waals surface area contributed by atoms with E-state index in [2.05, 4.69) is 25.9 Å². The molecule has 0 saturated heterocycles. The monoisotopic (exact) mass is 201 g/mol. The van der Waals surface area contributed by atoms with Gasteiger partial charge in [-0.1, -0.05) is 12.0 Å². The number of tetrazole rings is 1. The average Bonchev–Trinajstić information content (AvgIpc) is 2.57. The first-order valence-electron chi connectivity index (χ1n) is 3.77. The van der Waals surface area contributed by atoms with Crippen LogP contribution in [0.25, 0.3) is 0 Å². The lowest BCUT2D eigenvalue weighted by Crippen LogP contribution is -2.22. The maximum absolute atomic E-state index is 11.4. The maximum Gasteiger partial charge on any atom is 0.269 e. The van der Waals surface area contributed by atoms with Gasteiger partial charge in [0.2, 0.25) is 5.91 Å². The second-order valence-corrected chi connectivity index (χ2v) is 3.49. The van der Waals surface area contributed by atoms with Gasteiger partial charge in [0.25, 0.3) is 5.95 Å². The van der Waals surface area contributed by atoms with Crippen LogP contribution in [0, 0.1) is 5.92 Å². The molecular formula is C6H11N5OS. The summed E-state index contributed by atoms with van der Waals surface area (Å²) in [7, 11) is 0. The number of thioether (sulfide) groups is 1. The van der Waals surface area contributed by atoms with Crippen molar-refractivity contribution in [3.8, 4) is 0 Å². The van der Waals surface area contributed by atoms with Crippen LogP contribution < -0.4 is 5.32 Å². The van der Waals surface area contributed by atoms with Crippen molar-refractivity contribution in [1.29, 1.82) is 0 Å². The Labute approximate surface area is 79.9 Å². The first-order chi connectivity index (χ1) is 6.24. The Hall–Kier alpha value is -1.11. The molecule has 0 bridgehead atoms. The number of anilines is 1. The summed E-state index contributed by atoms with van der Waals surface area (Å²) in [6.07, 6.45) is 1.96. The molecule has 1 aromatic rings. The smallest absolute Gasteiger partial charge is 0.269 e. The van der Waals surface area contributed by atoms with E-state index < -0.39 is 0 Å². The van der Waals surface area contributed by atoms with Crippen LogP contribution in [0.2, 0.25) is 0 Å². The predicted octanol–water partition coefficient (Wildman–Crippen LogP) is 0.137. The number of nitrogens with zero attached hydrogens (tertiary/aromatic N) is 3. The molecule has 6 nitrogen and oxygen atoms in total. The molecule has 0 fully saturated rings. The molecule has 7 heteroatoms. The highest BCUT2D eigenvalue weighted by Crippen LogP contribution is 2.06. The molecular weight excluding hydrogens is 190 g/mol. The zero-order chi connectivity index (χ0) is 9.68. The summed E-state index contributed by atoms with van der Waals surface area (Å²) in [6, 6.07) is 0. The number of hydrogen-bond donors (Lipinski definition) is 2. The molecule has 1 atom stereocenters. The summed E-state index contributed by atoms with van der Waals surface area (Å²) >= 11 is 1.63. The van der Waals surface area contributed by atoms with Crippen LogP contribution in [0.1, 0.15) is 6.92 Å². The van der Waals surface area contributed by atoms with Crippen molar-refractivity contribution in [2.24, 2.45) is 5.92 Å². The normalized spacial score (nSPS) is 12.5. The van der Waals surface area contributed by atoms with Crippen molar-refractivity contribution in [3.05, 3.63) is 0 Å². The number of aromatic amines is 1. The highest BCUT2D eigenvalue weighted by molar-refractivity contribution is 7.98. The largest absolute Gasteiger partial charge is 0.292 e. The van der Waals surface area contributed by atoms with Crippen LogP contribution in [-0.2, 0) is 4.79 Å². The molecule has 2 N–H and O–H groups in total. The van der Waals surface area contributed by atoms with Crippen molar-refractivity contribution < 1.29 is 4.79 Å². The van der Waals surface area contributed by atoms with Gasteiger partial charge >= 0.3 is 0 Å². The second kappa shape index (κ2) is 4.80. The Bertz CT molecular complexity index is 262. The van der Waals surface area contributed by atoms with Crippen molar-refractivity contribution in [2.75, 3.05) is 17.3 Å². The minimum absolute atomic E-state index is 0.0477. The van der Waals surface area contributed by atoms with E-state index in [9.17, 15) is 4.79 Å². The fourth-order valence-corrected chi connectivity index (χ4v) is 1.43. The van der Waals surface area contributed by atoms with E-state index in [1.165, 1.54) is 0 Å². The number of hydrogen-bond acceptors (Lipinski definition) is 5. The van der Waals surface area contributed by atoms with Crippen LogP contribution in [-0.4, -0.2) is 38.5 Å². The van der Waals surface area contributed by atoms with E-state index in [4.69, 9.17) is 0 Å². The lowest BCUT2D eigenvalue weighted by atomic mass is 10.2. The van der Waals surface area contributed by atoms with Crippen molar-refractivity contribution in [3.63, 3.8) is 0 Å². The molecule has 0 saturated carbocycles. The van der Waals surface area contributed by atoms with Crippen LogP contribution in [0.5, 0.6) is 0 Å². The molecule has 0 radical (unpaired) electrons. The van der Waals surface area contributed by atoms with E-state index in [-0.39, 0.29) is 17.8 Å². The highest BCUT2D eigenvalue weighted by atomic mass is 32.2. The number of aromatic nitrogens is 4. The van der Waals surface area contributed by atoms with Gasteiger partial charge in [0, 0.05) is 11.7 Å². The van der Waals surface area contributed by atoms with Gasteiger partial charge in [-0.05, 0) is 11.5 Å². The molecule has 72 valence electrons. The van der Waals surface area contributed by atoms with E-state index in [0.29, 0.717) is 0 Å². The van der Waals surface area contributed by atoms with E-state index >= 15 is 0 Å². The zero-order valence-electron chi connectivity index (χ0n) is 7.44. The van der Waals surface area contributed by atoms with E-state index in [0.717, 1.165) is 5.75 Å². The minimum Gasteiger partial charge on any atom is -0.292 e. The third-order valence-electron chi connectivity index (χ3n) is 1.44. The molecule has 13 heavy (non-hydrogen) atoms. The topological polar surface area (TPSA) is 83.6 Å². The third kappa shape index (κ3) is 3.02. The molecule has 1 unspecified atom stereocenters. The number of nitrogens with one attached hydrogen (secondary N) is 2. The van der Waals surface area contributed by atoms with E-state index in [1.807, 2.05) is 13.2 Å². The lowest BCUT2D eigenvalue weighted by molar-refractivity contribution is -0.118. The molecule has 1 heterocycles. The molecule has 1 rings (SSSR count). The van der Waals surface area contributed by atoms with Crippen LogP contribution >= 0.6 is 11.8 Å². The first-order valence-corrected chi connectivity index (χ1v) is 5.16. The maximum atomic E-state index is 11.4. The summed E-state index contributed by atoms with van der Waals surface area (Å²) < 4.78 is 0. The van der Waals surface area contributed by atoms with Gasteiger partial charge in [-0.25, -0.2) is 0 Å². The fourth-order valence-electron chi connectivity index (χ4n) is 0.774. The van der Waals surface area contributed by atoms with Crippen LogP contribution in [0.15, 0.2) is 0 Å². The van der Waals surface area contributed by atoms with Gasteiger partial charge in [-0.3, -0.25) is 10.1 Å². The molecule has 0 aliphatic heterocycles. The molecule has 0 aliphatic rings. The van der Waals surface area contributed by atoms with Crippen LogP contribution in [0.3, 0.4) is 0 Å². The third-order valence-corrected chi connectivity index (χ3v) is 2.28. The Balaban J connectivity index is 2.41. The van der Waals surface area contributed by atoms with Gasteiger partial charge in [-0.2, -0.15) is 17.0 Å². The summed E-state index contributed by atoms with van der Waals surface area (Å²) in [4.78, 5) is 11.4. The molecule has 1 aromatic heterocycles. The van der Waals surface area contributed by atoms with Crippen molar-refractivity contribution in [1.82, 2.24) is 20.6 Å². The number of rotatable bonds is 4. The zero-order valence-corrected chi connectivity index (χ0v) is 8.26.